The number of nitrogens with two attached hydrogens (primary N) is 1. The molecule has 0 radical (unpaired) electrons. The van der Waals surface area contributed by atoms with Crippen LogP contribution in [0, 0.1) is 18.3 Å². The fraction of sp³-hybridized carbons (Fsp3) is 0.0952. The first-order valence-electron chi connectivity index (χ1n) is 8.58. The van der Waals surface area contributed by atoms with Crippen molar-refractivity contribution in [1.82, 2.24) is 14.0 Å². The molecule has 0 amide bonds. The van der Waals surface area contributed by atoms with Crippen molar-refractivity contribution >= 4 is 17.3 Å². The van der Waals surface area contributed by atoms with E-state index in [0.717, 1.165) is 22.5 Å². The molecule has 0 aliphatic carbocycles. The molecule has 1 aromatic carbocycles. The molecule has 0 fully saturated rings. The number of carbonyl (C=O) groups excluding carboxylic acids is 1. The van der Waals surface area contributed by atoms with Crippen molar-refractivity contribution in [3.63, 3.8) is 0 Å². The van der Waals surface area contributed by atoms with Gasteiger partial charge in [0.2, 0.25) is 0 Å². The number of nitrogen functional groups attached to an aromatic ring is 1. The lowest BCUT2D eigenvalue weighted by molar-refractivity contribution is 0.0593. The number of ether oxygens (including phenoxy) is 1. The predicted molar refractivity (Wildman–Crippen MR) is 105 cm³/mol. The summed E-state index contributed by atoms with van der Waals surface area (Å²) in [7, 11) is 1.28. The molecule has 0 saturated heterocycles. The summed E-state index contributed by atoms with van der Waals surface area (Å²) >= 11 is 0. The molecule has 0 unspecified atom stereocenters. The Kier molecular flexibility index (Phi) is 4.09. The van der Waals surface area contributed by atoms with E-state index in [4.69, 9.17) is 15.5 Å². The van der Waals surface area contributed by atoms with Crippen LogP contribution in [0.1, 0.15) is 21.6 Å². The Balaban J connectivity index is 1.77. The standard InChI is InChI=1S/C21H17N5O2/c1-13-4-3-9-25-12-17(24-20(13)25)14-5-7-16(8-6-14)26-11-15(10-22)18(23)19(26)21(27)28-2/h3-9,11-12H,23H2,1-2H3. The first-order valence-corrected chi connectivity index (χ1v) is 8.58. The average molecular weight is 371 g/mol. The maximum absolute atomic E-state index is 12.1. The lowest BCUT2D eigenvalue weighted by Gasteiger charge is -2.09. The van der Waals surface area contributed by atoms with Crippen LogP contribution in [-0.4, -0.2) is 27.0 Å². The van der Waals surface area contributed by atoms with Gasteiger partial charge in [-0.2, -0.15) is 5.26 Å². The number of carbonyl (C=O) groups is 1. The summed E-state index contributed by atoms with van der Waals surface area (Å²) in [5.74, 6) is -0.598. The number of fused-ring (bicyclic) bond motifs is 1. The van der Waals surface area contributed by atoms with E-state index >= 15 is 0 Å². The zero-order valence-electron chi connectivity index (χ0n) is 15.4. The van der Waals surface area contributed by atoms with Gasteiger partial charge in [0, 0.05) is 29.8 Å². The van der Waals surface area contributed by atoms with Crippen LogP contribution in [-0.2, 0) is 4.74 Å². The quantitative estimate of drug-likeness (QED) is 0.557. The number of hydrogen-bond acceptors (Lipinski definition) is 5. The van der Waals surface area contributed by atoms with Gasteiger partial charge in [0.1, 0.15) is 11.7 Å². The number of hydrogen-bond donors (Lipinski definition) is 1. The molecule has 0 aliphatic heterocycles. The molecule has 3 aromatic heterocycles. The lowest BCUT2D eigenvalue weighted by atomic mass is 10.1. The molecule has 7 heteroatoms. The number of aromatic nitrogens is 3. The molecule has 0 bridgehead atoms. The first kappa shape index (κ1) is 17.4. The zero-order chi connectivity index (χ0) is 19.8. The van der Waals surface area contributed by atoms with Gasteiger partial charge in [-0.3, -0.25) is 0 Å². The molecular weight excluding hydrogens is 354 g/mol. The van der Waals surface area contributed by atoms with Crippen LogP contribution in [0.3, 0.4) is 0 Å². The zero-order valence-corrected chi connectivity index (χ0v) is 15.4. The van der Waals surface area contributed by atoms with Crippen LogP contribution in [0.25, 0.3) is 22.6 Å². The van der Waals surface area contributed by atoms with E-state index in [-0.39, 0.29) is 16.9 Å². The third kappa shape index (κ3) is 2.68. The van der Waals surface area contributed by atoms with Gasteiger partial charge in [-0.1, -0.05) is 18.2 Å². The summed E-state index contributed by atoms with van der Waals surface area (Å²) in [5, 5.41) is 9.24. The molecule has 4 rings (SSSR count). The van der Waals surface area contributed by atoms with Crippen LogP contribution >= 0.6 is 0 Å². The second-order valence-corrected chi connectivity index (χ2v) is 6.37. The summed E-state index contributed by atoms with van der Waals surface area (Å²) in [6, 6.07) is 13.5. The Morgan fingerprint density at radius 1 is 1.21 bits per heavy atom. The summed E-state index contributed by atoms with van der Waals surface area (Å²) < 4.78 is 8.37. The van der Waals surface area contributed by atoms with Crippen LogP contribution < -0.4 is 5.73 Å². The number of nitrogens with zero attached hydrogens (tertiary/aromatic N) is 4. The fourth-order valence-corrected chi connectivity index (χ4v) is 3.20. The van der Waals surface area contributed by atoms with Crippen molar-refractivity contribution in [2.24, 2.45) is 0 Å². The Bertz CT molecular complexity index is 1240. The van der Waals surface area contributed by atoms with Gasteiger partial charge in [-0.25, -0.2) is 9.78 Å². The van der Waals surface area contributed by atoms with E-state index in [9.17, 15) is 10.1 Å². The van der Waals surface area contributed by atoms with Crippen LogP contribution in [0.15, 0.2) is 55.0 Å². The molecule has 2 N–H and O–H groups in total. The second kappa shape index (κ2) is 6.59. The van der Waals surface area contributed by atoms with Crippen molar-refractivity contribution in [3.05, 3.63) is 71.8 Å². The number of benzene rings is 1. The number of aryl methyl sites for hydroxylation is 1. The Hall–Kier alpha value is -4.05. The molecule has 0 atom stereocenters. The third-order valence-corrected chi connectivity index (χ3v) is 4.66. The van der Waals surface area contributed by atoms with Gasteiger partial charge in [-0.15, -0.1) is 0 Å². The molecular formula is C21H17N5O2. The van der Waals surface area contributed by atoms with E-state index in [1.165, 1.54) is 13.3 Å². The highest BCUT2D eigenvalue weighted by atomic mass is 16.5. The molecule has 3 heterocycles. The van der Waals surface area contributed by atoms with Crippen molar-refractivity contribution in [1.29, 1.82) is 5.26 Å². The van der Waals surface area contributed by atoms with Gasteiger partial charge in [-0.05, 0) is 30.7 Å². The van der Waals surface area contributed by atoms with Crippen molar-refractivity contribution in [2.45, 2.75) is 6.92 Å². The van der Waals surface area contributed by atoms with Crippen molar-refractivity contribution < 1.29 is 9.53 Å². The van der Waals surface area contributed by atoms with Crippen molar-refractivity contribution in [3.8, 4) is 23.0 Å². The van der Waals surface area contributed by atoms with E-state index < -0.39 is 5.97 Å². The summed E-state index contributed by atoms with van der Waals surface area (Å²) in [4.78, 5) is 16.8. The number of anilines is 1. The van der Waals surface area contributed by atoms with Crippen molar-refractivity contribution in [2.75, 3.05) is 12.8 Å². The minimum Gasteiger partial charge on any atom is -0.464 e. The topological polar surface area (TPSA) is 98.3 Å². The molecule has 0 spiro atoms. The molecule has 0 aliphatic rings. The maximum atomic E-state index is 12.1. The van der Waals surface area contributed by atoms with Gasteiger partial charge in [0.25, 0.3) is 0 Å². The fourth-order valence-electron chi connectivity index (χ4n) is 3.20. The highest BCUT2D eigenvalue weighted by Gasteiger charge is 2.21. The Morgan fingerprint density at radius 2 is 1.96 bits per heavy atom. The van der Waals surface area contributed by atoms with Gasteiger partial charge in [0.15, 0.2) is 5.69 Å². The smallest absolute Gasteiger partial charge is 0.357 e. The van der Waals surface area contributed by atoms with E-state index in [1.54, 1.807) is 4.57 Å². The largest absolute Gasteiger partial charge is 0.464 e. The first-order chi connectivity index (χ1) is 13.5. The predicted octanol–water partition coefficient (Wildman–Crippen LogP) is 3.34. The molecule has 7 nitrogen and oxygen atoms in total. The minimum absolute atomic E-state index is 0.106. The lowest BCUT2D eigenvalue weighted by Crippen LogP contribution is -2.11. The minimum atomic E-state index is -0.598. The van der Waals surface area contributed by atoms with Crippen LogP contribution in [0.2, 0.25) is 0 Å². The normalized spacial score (nSPS) is 10.8. The Labute approximate surface area is 161 Å². The van der Waals surface area contributed by atoms with E-state index in [2.05, 4.69) is 0 Å². The number of nitriles is 1. The summed E-state index contributed by atoms with van der Waals surface area (Å²) in [6.45, 7) is 2.02. The number of pyridine rings is 1. The second-order valence-electron chi connectivity index (χ2n) is 6.37. The molecule has 0 saturated carbocycles. The number of imidazole rings is 1. The monoisotopic (exact) mass is 371 g/mol. The number of rotatable bonds is 3. The van der Waals surface area contributed by atoms with E-state index in [0.29, 0.717) is 5.69 Å². The SMILES string of the molecule is COC(=O)c1c(N)c(C#N)cn1-c1ccc(-c2cn3cccc(C)c3n2)cc1. The van der Waals surface area contributed by atoms with Gasteiger partial charge in [0.05, 0.1) is 24.1 Å². The Morgan fingerprint density at radius 3 is 2.61 bits per heavy atom. The maximum Gasteiger partial charge on any atom is 0.357 e. The molecule has 4 aromatic rings. The third-order valence-electron chi connectivity index (χ3n) is 4.66. The van der Waals surface area contributed by atoms with Crippen LogP contribution in [0.5, 0.6) is 0 Å². The molecule has 28 heavy (non-hydrogen) atoms. The average Bonchev–Trinajstić information content (AvgIpc) is 3.29. The highest BCUT2D eigenvalue weighted by molar-refractivity contribution is 5.96. The van der Waals surface area contributed by atoms with Crippen LogP contribution in [0.4, 0.5) is 5.69 Å². The van der Waals surface area contributed by atoms with Gasteiger partial charge < -0.3 is 19.4 Å². The number of esters is 1. The molecule has 138 valence electrons. The summed E-state index contributed by atoms with van der Waals surface area (Å²) in [5.41, 5.74) is 10.9. The number of methoxy groups -OCH3 is 1. The van der Waals surface area contributed by atoms with Gasteiger partial charge >= 0.3 is 5.97 Å². The van der Waals surface area contributed by atoms with E-state index in [1.807, 2.05) is 66.2 Å². The summed E-state index contributed by atoms with van der Waals surface area (Å²) in [6.07, 6.45) is 5.46. The highest BCUT2D eigenvalue weighted by Crippen LogP contribution is 2.27.